The topological polar surface area (TPSA) is 56.0 Å². The number of thiazole rings is 1. The first-order valence-corrected chi connectivity index (χ1v) is 7.82. The zero-order valence-electron chi connectivity index (χ0n) is 11.1. The fourth-order valence-electron chi connectivity index (χ4n) is 2.71. The number of nitro groups is 1. The molecule has 1 heterocycles. The molecule has 1 aromatic heterocycles. The first kappa shape index (κ1) is 13.2. The Morgan fingerprint density at radius 2 is 1.85 bits per heavy atom. The second kappa shape index (κ2) is 5.71. The molecule has 1 fully saturated rings. The largest absolute Gasteiger partial charge is 0.269 e. The van der Waals surface area contributed by atoms with Crippen LogP contribution in [0.5, 0.6) is 0 Å². The minimum Gasteiger partial charge on any atom is -0.258 e. The fourth-order valence-corrected chi connectivity index (χ4v) is 3.71. The van der Waals surface area contributed by atoms with Crippen LogP contribution in [0.1, 0.15) is 43.0 Å². The van der Waals surface area contributed by atoms with Crippen LogP contribution in [0.3, 0.4) is 0 Å². The van der Waals surface area contributed by atoms with Crippen molar-refractivity contribution in [3.8, 4) is 11.3 Å². The zero-order valence-corrected chi connectivity index (χ0v) is 11.9. The minimum absolute atomic E-state index is 0.122. The lowest BCUT2D eigenvalue weighted by Gasteiger charge is -2.18. The van der Waals surface area contributed by atoms with Crippen molar-refractivity contribution in [1.82, 2.24) is 4.98 Å². The molecule has 1 aliphatic rings. The van der Waals surface area contributed by atoms with Gasteiger partial charge in [-0.15, -0.1) is 11.3 Å². The summed E-state index contributed by atoms with van der Waals surface area (Å²) in [6, 6.07) is 6.62. The summed E-state index contributed by atoms with van der Waals surface area (Å²) in [7, 11) is 0. The van der Waals surface area contributed by atoms with E-state index in [9.17, 15) is 10.1 Å². The predicted molar refractivity (Wildman–Crippen MR) is 80.0 cm³/mol. The van der Waals surface area contributed by atoms with Gasteiger partial charge in [0.2, 0.25) is 0 Å². The third-order valence-corrected chi connectivity index (χ3v) is 4.86. The number of aromatic nitrogens is 1. The van der Waals surface area contributed by atoms with Gasteiger partial charge in [0.15, 0.2) is 0 Å². The van der Waals surface area contributed by atoms with Gasteiger partial charge in [0.25, 0.3) is 5.69 Å². The molecule has 104 valence electrons. The van der Waals surface area contributed by atoms with Gasteiger partial charge in [0.05, 0.1) is 15.6 Å². The number of rotatable bonds is 3. The van der Waals surface area contributed by atoms with E-state index in [1.54, 1.807) is 23.5 Å². The van der Waals surface area contributed by atoms with Crippen LogP contribution in [0.25, 0.3) is 11.3 Å². The van der Waals surface area contributed by atoms with E-state index in [1.165, 1.54) is 49.2 Å². The Hall–Kier alpha value is -1.75. The SMILES string of the molecule is O=[N+]([O-])c1ccc(-c2csc(C3CCCCC3)n2)cc1. The summed E-state index contributed by atoms with van der Waals surface area (Å²) in [4.78, 5) is 15.0. The van der Waals surface area contributed by atoms with Crippen molar-refractivity contribution in [2.45, 2.75) is 38.0 Å². The number of hydrogen-bond acceptors (Lipinski definition) is 4. The van der Waals surface area contributed by atoms with Crippen molar-refractivity contribution in [2.24, 2.45) is 0 Å². The molecule has 1 aromatic carbocycles. The third kappa shape index (κ3) is 2.72. The maximum Gasteiger partial charge on any atom is 0.269 e. The van der Waals surface area contributed by atoms with Crippen molar-refractivity contribution in [3.05, 3.63) is 44.8 Å². The average Bonchev–Trinajstić information content (AvgIpc) is 2.98. The molecule has 0 bridgehead atoms. The highest BCUT2D eigenvalue weighted by Gasteiger charge is 2.19. The molecular formula is C15H16N2O2S. The molecule has 3 rings (SSSR count). The summed E-state index contributed by atoms with van der Waals surface area (Å²) in [6.45, 7) is 0. The van der Waals surface area contributed by atoms with E-state index in [0.717, 1.165) is 11.3 Å². The Kier molecular flexibility index (Phi) is 3.78. The van der Waals surface area contributed by atoms with Crippen LogP contribution in [-0.2, 0) is 0 Å². The average molecular weight is 288 g/mol. The molecule has 0 aliphatic heterocycles. The highest BCUT2D eigenvalue weighted by Crippen LogP contribution is 2.36. The van der Waals surface area contributed by atoms with Crippen LogP contribution in [0, 0.1) is 10.1 Å². The first-order valence-electron chi connectivity index (χ1n) is 6.94. The summed E-state index contributed by atoms with van der Waals surface area (Å²) in [5, 5.41) is 13.9. The summed E-state index contributed by atoms with van der Waals surface area (Å²) in [5.41, 5.74) is 2.01. The van der Waals surface area contributed by atoms with Crippen LogP contribution in [0.4, 0.5) is 5.69 Å². The quantitative estimate of drug-likeness (QED) is 0.604. The van der Waals surface area contributed by atoms with E-state index < -0.39 is 0 Å². The molecule has 0 spiro atoms. The second-order valence-corrected chi connectivity index (χ2v) is 6.10. The maximum absolute atomic E-state index is 10.7. The van der Waals surface area contributed by atoms with Crippen molar-refractivity contribution < 1.29 is 4.92 Å². The standard InChI is InChI=1S/C15H16N2O2S/c18-17(19)13-8-6-11(7-9-13)14-10-20-15(16-14)12-4-2-1-3-5-12/h6-10,12H,1-5H2. The van der Waals surface area contributed by atoms with Gasteiger partial charge in [-0.05, 0) is 25.0 Å². The highest BCUT2D eigenvalue weighted by molar-refractivity contribution is 7.10. The van der Waals surface area contributed by atoms with Crippen LogP contribution in [0.15, 0.2) is 29.6 Å². The molecule has 1 saturated carbocycles. The smallest absolute Gasteiger partial charge is 0.258 e. The number of benzene rings is 1. The summed E-state index contributed by atoms with van der Waals surface area (Å²) < 4.78 is 0. The minimum atomic E-state index is -0.377. The van der Waals surface area contributed by atoms with Crippen molar-refractivity contribution in [3.63, 3.8) is 0 Å². The fraction of sp³-hybridized carbons (Fsp3) is 0.400. The lowest BCUT2D eigenvalue weighted by atomic mass is 9.90. The predicted octanol–water partition coefficient (Wildman–Crippen LogP) is 4.77. The van der Waals surface area contributed by atoms with Crippen LogP contribution >= 0.6 is 11.3 Å². The van der Waals surface area contributed by atoms with Gasteiger partial charge in [0.1, 0.15) is 0 Å². The Bertz CT molecular complexity index is 601. The van der Waals surface area contributed by atoms with E-state index in [1.807, 2.05) is 0 Å². The van der Waals surface area contributed by atoms with E-state index >= 15 is 0 Å². The molecule has 0 radical (unpaired) electrons. The van der Waals surface area contributed by atoms with Gasteiger partial charge < -0.3 is 0 Å². The third-order valence-electron chi connectivity index (χ3n) is 3.85. The van der Waals surface area contributed by atoms with Crippen molar-refractivity contribution in [1.29, 1.82) is 0 Å². The van der Waals surface area contributed by atoms with Crippen LogP contribution in [0.2, 0.25) is 0 Å². The molecule has 20 heavy (non-hydrogen) atoms. The van der Waals surface area contributed by atoms with Gasteiger partial charge in [-0.25, -0.2) is 4.98 Å². The molecular weight excluding hydrogens is 272 g/mol. The first-order chi connectivity index (χ1) is 9.74. The van der Waals surface area contributed by atoms with Crippen molar-refractivity contribution >= 4 is 17.0 Å². The number of nitro benzene ring substituents is 1. The molecule has 5 heteroatoms. The van der Waals surface area contributed by atoms with Crippen molar-refractivity contribution in [2.75, 3.05) is 0 Å². The van der Waals surface area contributed by atoms with E-state index in [4.69, 9.17) is 4.98 Å². The van der Waals surface area contributed by atoms with E-state index in [-0.39, 0.29) is 10.6 Å². The summed E-state index contributed by atoms with van der Waals surface area (Å²) >= 11 is 1.72. The van der Waals surface area contributed by atoms with Gasteiger partial charge in [0, 0.05) is 29.0 Å². The molecule has 2 aromatic rings. The van der Waals surface area contributed by atoms with Gasteiger partial charge in [-0.1, -0.05) is 19.3 Å². The maximum atomic E-state index is 10.7. The molecule has 0 atom stereocenters. The number of nitrogens with zero attached hydrogens (tertiary/aromatic N) is 2. The molecule has 0 saturated heterocycles. The van der Waals surface area contributed by atoms with Gasteiger partial charge >= 0.3 is 0 Å². The van der Waals surface area contributed by atoms with Gasteiger partial charge in [-0.2, -0.15) is 0 Å². The Balaban J connectivity index is 1.80. The van der Waals surface area contributed by atoms with E-state index in [2.05, 4.69) is 5.38 Å². The molecule has 4 nitrogen and oxygen atoms in total. The number of hydrogen-bond donors (Lipinski definition) is 0. The highest BCUT2D eigenvalue weighted by atomic mass is 32.1. The molecule has 0 amide bonds. The monoisotopic (exact) mass is 288 g/mol. The molecule has 1 aliphatic carbocycles. The lowest BCUT2D eigenvalue weighted by molar-refractivity contribution is -0.384. The Morgan fingerprint density at radius 3 is 2.50 bits per heavy atom. The Morgan fingerprint density at radius 1 is 1.15 bits per heavy atom. The second-order valence-electron chi connectivity index (χ2n) is 5.21. The number of non-ortho nitro benzene ring substituents is 1. The van der Waals surface area contributed by atoms with Gasteiger partial charge in [-0.3, -0.25) is 10.1 Å². The summed E-state index contributed by atoms with van der Waals surface area (Å²) in [6.07, 6.45) is 6.44. The molecule has 0 N–H and O–H groups in total. The normalized spacial score (nSPS) is 16.2. The Labute approximate surface area is 121 Å². The summed E-state index contributed by atoms with van der Waals surface area (Å²) in [5.74, 6) is 0.612. The van der Waals surface area contributed by atoms with E-state index in [0.29, 0.717) is 5.92 Å². The van der Waals surface area contributed by atoms with Crippen LogP contribution in [-0.4, -0.2) is 9.91 Å². The van der Waals surface area contributed by atoms with Crippen LogP contribution < -0.4 is 0 Å². The zero-order chi connectivity index (χ0) is 13.9. The molecule has 0 unspecified atom stereocenters. The lowest BCUT2D eigenvalue weighted by Crippen LogP contribution is -2.03.